The highest BCUT2D eigenvalue weighted by Gasteiger charge is 2.33. The highest BCUT2D eigenvalue weighted by Crippen LogP contribution is 2.31. The van der Waals surface area contributed by atoms with Crippen molar-refractivity contribution in [3.8, 4) is 0 Å². The lowest BCUT2D eigenvalue weighted by atomic mass is 9.96. The van der Waals surface area contributed by atoms with E-state index in [1.807, 2.05) is 23.2 Å². The number of benzene rings is 1. The van der Waals surface area contributed by atoms with E-state index in [-0.39, 0.29) is 24.3 Å². The van der Waals surface area contributed by atoms with Crippen LogP contribution in [0.3, 0.4) is 0 Å². The van der Waals surface area contributed by atoms with Crippen LogP contribution in [-0.4, -0.2) is 67.3 Å². The zero-order chi connectivity index (χ0) is 22.5. The minimum absolute atomic E-state index is 0.0149. The molecule has 32 heavy (non-hydrogen) atoms. The van der Waals surface area contributed by atoms with Crippen molar-refractivity contribution >= 4 is 17.3 Å². The maximum atomic E-state index is 13.3. The zero-order valence-electron chi connectivity index (χ0n) is 19.4. The van der Waals surface area contributed by atoms with Crippen molar-refractivity contribution in [3.63, 3.8) is 0 Å². The molecule has 3 heterocycles. The van der Waals surface area contributed by atoms with Crippen molar-refractivity contribution in [1.82, 2.24) is 9.88 Å². The third-order valence-electron chi connectivity index (χ3n) is 7.09. The molecule has 2 atom stereocenters. The number of likely N-dealkylation sites (N-methyl/N-ethyl adjacent to an activating group) is 1. The molecule has 1 amide bonds. The van der Waals surface area contributed by atoms with Crippen LogP contribution in [0.25, 0.3) is 0 Å². The number of aliphatic hydroxyl groups is 1. The Labute approximate surface area is 191 Å². The van der Waals surface area contributed by atoms with Crippen LogP contribution in [0.1, 0.15) is 43.4 Å². The molecule has 172 valence electrons. The number of rotatable bonds is 8. The maximum absolute atomic E-state index is 13.3. The summed E-state index contributed by atoms with van der Waals surface area (Å²) >= 11 is 0. The lowest BCUT2D eigenvalue weighted by molar-refractivity contribution is -0.120. The normalized spacial score (nSPS) is 20.7. The summed E-state index contributed by atoms with van der Waals surface area (Å²) in [7, 11) is 2.17. The zero-order valence-corrected chi connectivity index (χ0v) is 19.4. The number of amides is 1. The average Bonchev–Trinajstić information content (AvgIpc) is 3.18. The number of nitrogens with zero attached hydrogens (tertiary/aromatic N) is 4. The molecule has 2 saturated heterocycles. The fourth-order valence-corrected chi connectivity index (χ4v) is 5.01. The van der Waals surface area contributed by atoms with Gasteiger partial charge in [-0.1, -0.05) is 25.1 Å². The molecule has 0 aliphatic carbocycles. The van der Waals surface area contributed by atoms with Gasteiger partial charge in [-0.25, -0.2) is 0 Å². The topological polar surface area (TPSA) is 59.9 Å². The van der Waals surface area contributed by atoms with Crippen LogP contribution in [-0.2, 0) is 11.2 Å². The fraction of sp³-hybridized carbons (Fsp3) is 0.538. The lowest BCUT2D eigenvalue weighted by Crippen LogP contribution is -2.44. The first-order valence-electron chi connectivity index (χ1n) is 12.0. The lowest BCUT2D eigenvalue weighted by Gasteiger charge is -2.35. The molecule has 4 rings (SSSR count). The van der Waals surface area contributed by atoms with Crippen LogP contribution in [0.4, 0.5) is 11.4 Å². The van der Waals surface area contributed by atoms with E-state index >= 15 is 0 Å². The molecule has 1 aromatic carbocycles. The second kappa shape index (κ2) is 10.5. The Morgan fingerprint density at radius 1 is 1.09 bits per heavy atom. The number of carbonyl (C=O) groups is 1. The van der Waals surface area contributed by atoms with E-state index in [1.165, 1.54) is 11.3 Å². The Morgan fingerprint density at radius 2 is 1.88 bits per heavy atom. The number of aliphatic hydroxyl groups excluding tert-OH is 1. The average molecular weight is 437 g/mol. The summed E-state index contributed by atoms with van der Waals surface area (Å²) in [5, 5.41) is 9.27. The van der Waals surface area contributed by atoms with E-state index in [9.17, 15) is 9.90 Å². The molecule has 0 spiro atoms. The van der Waals surface area contributed by atoms with E-state index in [0.717, 1.165) is 69.8 Å². The number of hydrogen-bond acceptors (Lipinski definition) is 5. The van der Waals surface area contributed by atoms with Gasteiger partial charge in [0.1, 0.15) is 0 Å². The summed E-state index contributed by atoms with van der Waals surface area (Å²) in [5.74, 6) is 0.485. The van der Waals surface area contributed by atoms with Gasteiger partial charge < -0.3 is 19.8 Å². The molecular formula is C26H36N4O2. The van der Waals surface area contributed by atoms with Crippen LogP contribution < -0.4 is 9.80 Å². The smallest absolute Gasteiger partial charge is 0.230 e. The molecule has 1 aromatic heterocycles. The first-order chi connectivity index (χ1) is 15.6. The standard InChI is InChI=1S/C26H36N4O2/c1-3-20(11-17-31)24-9-8-23(19-27-24)30-12-10-22(26(30)32)18-21-6-4-5-7-25(21)29-15-13-28(2)14-16-29/h4-9,19-20,22,31H,3,10-18H2,1-2H3/t20?,22-/m0/s1. The summed E-state index contributed by atoms with van der Waals surface area (Å²) in [5.41, 5.74) is 4.44. The van der Waals surface area contributed by atoms with Crippen molar-refractivity contribution in [3.05, 3.63) is 53.9 Å². The van der Waals surface area contributed by atoms with Gasteiger partial charge in [0.05, 0.1) is 11.9 Å². The first kappa shape index (κ1) is 22.7. The Hall–Kier alpha value is -2.44. The van der Waals surface area contributed by atoms with Crippen LogP contribution in [0, 0.1) is 5.92 Å². The summed E-state index contributed by atoms with van der Waals surface area (Å²) < 4.78 is 0. The molecule has 1 N–H and O–H groups in total. The summed E-state index contributed by atoms with van der Waals surface area (Å²) in [6, 6.07) is 12.6. The predicted molar refractivity (Wildman–Crippen MR) is 129 cm³/mol. The Morgan fingerprint density at radius 3 is 2.56 bits per heavy atom. The van der Waals surface area contributed by atoms with Crippen molar-refractivity contribution in [1.29, 1.82) is 0 Å². The van der Waals surface area contributed by atoms with Gasteiger partial charge in [0.25, 0.3) is 0 Å². The second-order valence-corrected chi connectivity index (χ2v) is 9.16. The highest BCUT2D eigenvalue weighted by molar-refractivity contribution is 5.97. The third-order valence-corrected chi connectivity index (χ3v) is 7.09. The van der Waals surface area contributed by atoms with Gasteiger partial charge in [-0.05, 0) is 56.5 Å². The van der Waals surface area contributed by atoms with Crippen LogP contribution in [0.15, 0.2) is 42.6 Å². The molecule has 6 nitrogen and oxygen atoms in total. The van der Waals surface area contributed by atoms with E-state index < -0.39 is 0 Å². The molecule has 1 unspecified atom stereocenters. The molecule has 2 aliphatic rings. The van der Waals surface area contributed by atoms with E-state index in [2.05, 4.69) is 53.0 Å². The monoisotopic (exact) mass is 436 g/mol. The van der Waals surface area contributed by atoms with Crippen molar-refractivity contribution in [2.24, 2.45) is 5.92 Å². The van der Waals surface area contributed by atoms with Crippen molar-refractivity contribution < 1.29 is 9.90 Å². The molecule has 0 saturated carbocycles. The van der Waals surface area contributed by atoms with Gasteiger partial charge in [0, 0.05) is 62.5 Å². The summed E-state index contributed by atoms with van der Waals surface area (Å²) in [6.45, 7) is 7.25. The van der Waals surface area contributed by atoms with Gasteiger partial charge in [-0.3, -0.25) is 9.78 Å². The highest BCUT2D eigenvalue weighted by atomic mass is 16.3. The molecular weight excluding hydrogens is 400 g/mol. The molecule has 0 radical (unpaired) electrons. The predicted octanol–water partition coefficient (Wildman–Crippen LogP) is 3.31. The number of anilines is 2. The van der Waals surface area contributed by atoms with Gasteiger partial charge >= 0.3 is 0 Å². The quantitative estimate of drug-likeness (QED) is 0.688. The Kier molecular flexibility index (Phi) is 7.43. The van der Waals surface area contributed by atoms with Gasteiger partial charge in [-0.2, -0.15) is 0 Å². The maximum Gasteiger partial charge on any atom is 0.230 e. The minimum Gasteiger partial charge on any atom is -0.396 e. The van der Waals surface area contributed by atoms with Crippen molar-refractivity contribution in [2.75, 3.05) is 56.2 Å². The molecule has 2 aliphatic heterocycles. The third kappa shape index (κ3) is 4.97. The fourth-order valence-electron chi connectivity index (χ4n) is 5.01. The van der Waals surface area contributed by atoms with Gasteiger partial charge in [0.15, 0.2) is 0 Å². The number of aromatic nitrogens is 1. The number of carbonyl (C=O) groups excluding carboxylic acids is 1. The molecule has 6 heteroatoms. The molecule has 2 aromatic rings. The summed E-state index contributed by atoms with van der Waals surface area (Å²) in [6.07, 6.45) is 5.16. The largest absolute Gasteiger partial charge is 0.396 e. The van der Waals surface area contributed by atoms with Gasteiger partial charge in [0.2, 0.25) is 5.91 Å². The van der Waals surface area contributed by atoms with Crippen molar-refractivity contribution in [2.45, 2.75) is 38.5 Å². The van der Waals surface area contributed by atoms with Crippen LogP contribution in [0.5, 0.6) is 0 Å². The SMILES string of the molecule is CCC(CCO)c1ccc(N2CC[C@@H](Cc3ccccc3N3CCN(C)CC3)C2=O)cn1. The Balaban J connectivity index is 1.43. The number of para-hydroxylation sites is 1. The Bertz CT molecular complexity index is 893. The van der Waals surface area contributed by atoms with Crippen LogP contribution >= 0.6 is 0 Å². The second-order valence-electron chi connectivity index (χ2n) is 9.16. The van der Waals surface area contributed by atoms with Gasteiger partial charge in [-0.15, -0.1) is 0 Å². The number of piperazine rings is 1. The van der Waals surface area contributed by atoms with E-state index in [1.54, 1.807) is 0 Å². The molecule has 0 bridgehead atoms. The number of pyridine rings is 1. The number of hydrogen-bond donors (Lipinski definition) is 1. The minimum atomic E-state index is 0.0149. The molecule has 2 fully saturated rings. The van der Waals surface area contributed by atoms with Crippen LogP contribution in [0.2, 0.25) is 0 Å². The van der Waals surface area contributed by atoms with E-state index in [0.29, 0.717) is 0 Å². The first-order valence-corrected chi connectivity index (χ1v) is 12.0. The summed E-state index contributed by atoms with van der Waals surface area (Å²) in [4.78, 5) is 24.6. The van der Waals surface area contributed by atoms with E-state index in [4.69, 9.17) is 0 Å².